The maximum Gasteiger partial charge on any atom is 0.337 e. The van der Waals surface area contributed by atoms with Crippen molar-refractivity contribution in [3.8, 4) is 0 Å². The molecule has 1 aromatic heterocycles. The average molecular weight is 375 g/mol. The van der Waals surface area contributed by atoms with Crippen molar-refractivity contribution in [1.29, 1.82) is 0 Å². The van der Waals surface area contributed by atoms with Gasteiger partial charge in [0.1, 0.15) is 0 Å². The second kappa shape index (κ2) is 8.81. The molecule has 3 aromatic rings. The fourth-order valence-corrected chi connectivity index (χ4v) is 2.71. The van der Waals surface area contributed by atoms with E-state index in [4.69, 9.17) is 4.74 Å². The van der Waals surface area contributed by atoms with Crippen LogP contribution < -0.4 is 10.6 Å². The molecule has 142 valence electrons. The number of ether oxygens (including phenoxy) is 1. The molecule has 0 spiro atoms. The number of benzene rings is 2. The Morgan fingerprint density at radius 1 is 0.964 bits per heavy atom. The predicted octanol–water partition coefficient (Wildman–Crippen LogP) is 4.04. The third-order valence-corrected chi connectivity index (χ3v) is 4.29. The summed E-state index contributed by atoms with van der Waals surface area (Å²) >= 11 is 0. The summed E-state index contributed by atoms with van der Waals surface area (Å²) in [5.41, 5.74) is 4.41. The van der Waals surface area contributed by atoms with Crippen LogP contribution in [0.3, 0.4) is 0 Å². The first-order valence-corrected chi connectivity index (χ1v) is 8.80. The van der Waals surface area contributed by atoms with Crippen LogP contribution in [0.25, 0.3) is 0 Å². The number of hydrogen-bond donors (Lipinski definition) is 2. The SMILES string of the molecule is COC(=O)c1cccc(NC(=O)c2cncc(NCc3ccccc3C)c2)c1. The van der Waals surface area contributed by atoms with E-state index >= 15 is 0 Å². The lowest BCUT2D eigenvalue weighted by molar-refractivity contribution is 0.0600. The Morgan fingerprint density at radius 3 is 2.54 bits per heavy atom. The summed E-state index contributed by atoms with van der Waals surface area (Å²) in [4.78, 5) is 28.3. The summed E-state index contributed by atoms with van der Waals surface area (Å²) in [5, 5.41) is 6.06. The summed E-state index contributed by atoms with van der Waals surface area (Å²) in [6, 6.07) is 16.4. The van der Waals surface area contributed by atoms with Crippen LogP contribution in [0.1, 0.15) is 31.8 Å². The van der Waals surface area contributed by atoms with Crippen LogP contribution in [0.4, 0.5) is 11.4 Å². The minimum absolute atomic E-state index is 0.311. The van der Waals surface area contributed by atoms with E-state index in [9.17, 15) is 9.59 Å². The van der Waals surface area contributed by atoms with E-state index in [-0.39, 0.29) is 5.91 Å². The molecule has 6 nitrogen and oxygen atoms in total. The van der Waals surface area contributed by atoms with Crippen molar-refractivity contribution in [3.63, 3.8) is 0 Å². The molecule has 2 aromatic carbocycles. The maximum absolute atomic E-state index is 12.6. The molecule has 0 atom stereocenters. The number of carbonyl (C=O) groups excluding carboxylic acids is 2. The highest BCUT2D eigenvalue weighted by molar-refractivity contribution is 6.05. The number of nitrogens with zero attached hydrogens (tertiary/aromatic N) is 1. The monoisotopic (exact) mass is 375 g/mol. The van der Waals surface area contributed by atoms with Crippen LogP contribution >= 0.6 is 0 Å². The Labute approximate surface area is 163 Å². The van der Waals surface area contributed by atoms with E-state index in [1.165, 1.54) is 24.4 Å². The van der Waals surface area contributed by atoms with Crippen molar-refractivity contribution in [2.75, 3.05) is 17.7 Å². The van der Waals surface area contributed by atoms with Gasteiger partial charge in [-0.1, -0.05) is 30.3 Å². The summed E-state index contributed by atoms with van der Waals surface area (Å²) in [6.45, 7) is 2.70. The molecule has 0 saturated carbocycles. The first kappa shape index (κ1) is 19.1. The van der Waals surface area contributed by atoms with Gasteiger partial charge in [-0.3, -0.25) is 9.78 Å². The molecular formula is C22H21N3O3. The van der Waals surface area contributed by atoms with Crippen molar-refractivity contribution < 1.29 is 14.3 Å². The summed E-state index contributed by atoms with van der Waals surface area (Å²) in [5.74, 6) is -0.769. The van der Waals surface area contributed by atoms with Gasteiger partial charge in [0.25, 0.3) is 5.91 Å². The second-order valence-electron chi connectivity index (χ2n) is 6.27. The van der Waals surface area contributed by atoms with E-state index in [2.05, 4.69) is 34.7 Å². The normalized spacial score (nSPS) is 10.2. The van der Waals surface area contributed by atoms with E-state index in [0.29, 0.717) is 23.4 Å². The van der Waals surface area contributed by atoms with Crippen LogP contribution in [0.2, 0.25) is 0 Å². The number of nitrogens with one attached hydrogen (secondary N) is 2. The lowest BCUT2D eigenvalue weighted by atomic mass is 10.1. The highest BCUT2D eigenvalue weighted by Gasteiger charge is 2.10. The smallest absolute Gasteiger partial charge is 0.337 e. The predicted molar refractivity (Wildman–Crippen MR) is 108 cm³/mol. The van der Waals surface area contributed by atoms with Gasteiger partial charge in [-0.2, -0.15) is 0 Å². The molecule has 0 fully saturated rings. The maximum atomic E-state index is 12.6. The Hall–Kier alpha value is -3.67. The topological polar surface area (TPSA) is 80.3 Å². The Bertz CT molecular complexity index is 1000. The van der Waals surface area contributed by atoms with Gasteiger partial charge < -0.3 is 15.4 Å². The number of carbonyl (C=O) groups is 2. The van der Waals surface area contributed by atoms with Crippen molar-refractivity contribution in [3.05, 3.63) is 89.2 Å². The minimum Gasteiger partial charge on any atom is -0.465 e. The highest BCUT2D eigenvalue weighted by atomic mass is 16.5. The van der Waals surface area contributed by atoms with Gasteiger partial charge >= 0.3 is 5.97 Å². The van der Waals surface area contributed by atoms with Gasteiger partial charge in [-0.15, -0.1) is 0 Å². The largest absolute Gasteiger partial charge is 0.465 e. The van der Waals surface area contributed by atoms with Crippen LogP contribution in [0.5, 0.6) is 0 Å². The first-order chi connectivity index (χ1) is 13.6. The minimum atomic E-state index is -0.458. The third kappa shape index (κ3) is 4.73. The lowest BCUT2D eigenvalue weighted by Gasteiger charge is -2.10. The molecule has 0 bridgehead atoms. The third-order valence-electron chi connectivity index (χ3n) is 4.29. The number of rotatable bonds is 6. The summed E-state index contributed by atoms with van der Waals surface area (Å²) < 4.78 is 4.70. The van der Waals surface area contributed by atoms with Crippen LogP contribution in [0.15, 0.2) is 67.0 Å². The van der Waals surface area contributed by atoms with Crippen molar-refractivity contribution >= 4 is 23.3 Å². The zero-order chi connectivity index (χ0) is 19.9. The molecule has 0 aliphatic carbocycles. The van der Waals surface area contributed by atoms with Gasteiger partial charge in [-0.25, -0.2) is 4.79 Å². The summed E-state index contributed by atoms with van der Waals surface area (Å²) in [7, 11) is 1.31. The van der Waals surface area contributed by atoms with Crippen molar-refractivity contribution in [2.24, 2.45) is 0 Å². The quantitative estimate of drug-likeness (QED) is 0.636. The number of anilines is 2. The number of hydrogen-bond acceptors (Lipinski definition) is 5. The number of aromatic nitrogens is 1. The number of esters is 1. The molecule has 1 amide bonds. The Morgan fingerprint density at radius 2 is 1.75 bits per heavy atom. The van der Waals surface area contributed by atoms with Crippen molar-refractivity contribution in [2.45, 2.75) is 13.5 Å². The number of methoxy groups -OCH3 is 1. The van der Waals surface area contributed by atoms with Gasteiger partial charge in [0, 0.05) is 24.6 Å². The first-order valence-electron chi connectivity index (χ1n) is 8.80. The molecule has 2 N–H and O–H groups in total. The second-order valence-corrected chi connectivity index (χ2v) is 6.27. The molecular weight excluding hydrogens is 354 g/mol. The molecule has 1 heterocycles. The van der Waals surface area contributed by atoms with E-state index < -0.39 is 5.97 Å². The van der Waals surface area contributed by atoms with E-state index in [0.717, 1.165) is 5.69 Å². The van der Waals surface area contributed by atoms with Gasteiger partial charge in [0.15, 0.2) is 0 Å². The average Bonchev–Trinajstić information content (AvgIpc) is 2.73. The molecule has 0 unspecified atom stereocenters. The van der Waals surface area contributed by atoms with E-state index in [1.54, 1.807) is 36.5 Å². The molecule has 0 saturated heterocycles. The van der Waals surface area contributed by atoms with Crippen LogP contribution in [0, 0.1) is 6.92 Å². The molecule has 0 radical (unpaired) electrons. The van der Waals surface area contributed by atoms with Gasteiger partial charge in [0.05, 0.1) is 23.9 Å². The number of pyridine rings is 1. The molecule has 28 heavy (non-hydrogen) atoms. The van der Waals surface area contributed by atoms with Crippen LogP contribution in [-0.4, -0.2) is 24.0 Å². The van der Waals surface area contributed by atoms with Crippen LogP contribution in [-0.2, 0) is 11.3 Å². The standard InChI is InChI=1S/C22H21N3O3/c1-15-6-3-4-7-17(15)13-24-20-11-18(12-23-14-20)21(26)25-19-9-5-8-16(10-19)22(27)28-2/h3-12,14,24H,13H2,1-2H3,(H,25,26). The zero-order valence-corrected chi connectivity index (χ0v) is 15.7. The number of amides is 1. The Kier molecular flexibility index (Phi) is 6.01. The van der Waals surface area contributed by atoms with E-state index in [1.807, 2.05) is 12.1 Å². The lowest BCUT2D eigenvalue weighted by Crippen LogP contribution is -2.13. The highest BCUT2D eigenvalue weighted by Crippen LogP contribution is 2.16. The molecule has 6 heteroatoms. The molecule has 3 rings (SSSR count). The van der Waals surface area contributed by atoms with Gasteiger partial charge in [0.2, 0.25) is 0 Å². The molecule has 0 aliphatic rings. The van der Waals surface area contributed by atoms with Crippen molar-refractivity contribution in [1.82, 2.24) is 4.98 Å². The fourth-order valence-electron chi connectivity index (χ4n) is 2.71. The number of aryl methyl sites for hydroxylation is 1. The molecule has 0 aliphatic heterocycles. The fraction of sp³-hybridized carbons (Fsp3) is 0.136. The Balaban J connectivity index is 1.69. The van der Waals surface area contributed by atoms with Gasteiger partial charge in [-0.05, 0) is 42.3 Å². The zero-order valence-electron chi connectivity index (χ0n) is 15.7. The summed E-state index contributed by atoms with van der Waals surface area (Å²) in [6.07, 6.45) is 3.17.